The zero-order chi connectivity index (χ0) is 14.9. The molecule has 0 aromatic carbocycles. The topological polar surface area (TPSA) is 105 Å². The van der Waals surface area contributed by atoms with Crippen molar-refractivity contribution in [2.24, 2.45) is 0 Å². The SMILES string of the molecule is COC(C)c1cn([C@@H]2S[C@H](CO)C[C@H]2O)c(=O)[nH]c1=O. The number of aliphatic hydroxyl groups is 2. The van der Waals surface area contributed by atoms with Crippen molar-refractivity contribution in [3.8, 4) is 0 Å². The van der Waals surface area contributed by atoms with Crippen molar-refractivity contribution in [3.05, 3.63) is 32.6 Å². The molecule has 7 nitrogen and oxygen atoms in total. The lowest BCUT2D eigenvalue weighted by molar-refractivity contribution is 0.116. The molecular formula is C12H18N2O5S. The third-order valence-corrected chi connectivity index (χ3v) is 4.98. The molecule has 1 aromatic heterocycles. The molecule has 0 saturated carbocycles. The van der Waals surface area contributed by atoms with E-state index in [2.05, 4.69) is 4.98 Å². The number of aromatic amines is 1. The standard InChI is InChI=1S/C12H18N2O5S/c1-6(19-2)8-4-14(12(18)13-10(8)17)11-9(16)3-7(5-15)20-11/h4,6-7,9,11,15-16H,3,5H2,1-2H3,(H,13,17,18)/t6?,7-,9+,11+/m0/s1. The lowest BCUT2D eigenvalue weighted by atomic mass is 10.2. The first-order valence-corrected chi connectivity index (χ1v) is 7.24. The molecule has 1 unspecified atom stereocenters. The summed E-state index contributed by atoms with van der Waals surface area (Å²) in [4.78, 5) is 25.9. The molecule has 0 spiro atoms. The molecule has 2 rings (SSSR count). The minimum absolute atomic E-state index is 0.0579. The zero-order valence-corrected chi connectivity index (χ0v) is 12.1. The van der Waals surface area contributed by atoms with Crippen molar-refractivity contribution in [1.82, 2.24) is 9.55 Å². The molecule has 2 heterocycles. The normalized spacial score (nSPS) is 27.7. The molecule has 1 saturated heterocycles. The molecule has 0 aliphatic carbocycles. The van der Waals surface area contributed by atoms with Gasteiger partial charge < -0.3 is 14.9 Å². The van der Waals surface area contributed by atoms with Crippen LogP contribution < -0.4 is 11.2 Å². The number of hydrogen-bond donors (Lipinski definition) is 3. The third-order valence-electron chi connectivity index (χ3n) is 3.43. The van der Waals surface area contributed by atoms with E-state index in [1.165, 1.54) is 29.6 Å². The van der Waals surface area contributed by atoms with Crippen LogP contribution in [-0.4, -0.2) is 44.8 Å². The fourth-order valence-corrected chi connectivity index (χ4v) is 3.57. The number of nitrogens with zero attached hydrogens (tertiary/aromatic N) is 1. The highest BCUT2D eigenvalue weighted by molar-refractivity contribution is 8.00. The molecule has 1 aliphatic heterocycles. The van der Waals surface area contributed by atoms with E-state index in [0.29, 0.717) is 12.0 Å². The van der Waals surface area contributed by atoms with Crippen LogP contribution >= 0.6 is 11.8 Å². The van der Waals surface area contributed by atoms with Crippen molar-refractivity contribution in [2.45, 2.75) is 36.2 Å². The Morgan fingerprint density at radius 3 is 2.85 bits per heavy atom. The Labute approximate surface area is 119 Å². The summed E-state index contributed by atoms with van der Waals surface area (Å²) < 4.78 is 6.40. The number of H-pyrrole nitrogens is 1. The van der Waals surface area contributed by atoms with E-state index in [-0.39, 0.29) is 11.9 Å². The molecule has 0 radical (unpaired) electrons. The fraction of sp³-hybridized carbons (Fsp3) is 0.667. The molecule has 0 bridgehead atoms. The van der Waals surface area contributed by atoms with Crippen LogP contribution in [0.3, 0.4) is 0 Å². The average Bonchev–Trinajstić information content (AvgIpc) is 2.79. The summed E-state index contributed by atoms with van der Waals surface area (Å²) in [6.45, 7) is 1.64. The number of ether oxygens (including phenoxy) is 1. The molecule has 1 fully saturated rings. The number of rotatable bonds is 4. The Bertz CT molecular complexity index is 584. The van der Waals surface area contributed by atoms with Crippen molar-refractivity contribution >= 4 is 11.8 Å². The second-order valence-corrected chi connectivity index (χ2v) is 6.19. The predicted molar refractivity (Wildman–Crippen MR) is 74.9 cm³/mol. The highest BCUT2D eigenvalue weighted by Gasteiger charge is 2.35. The molecule has 20 heavy (non-hydrogen) atoms. The van der Waals surface area contributed by atoms with Gasteiger partial charge in [-0.15, -0.1) is 11.8 Å². The minimum atomic E-state index is -0.744. The van der Waals surface area contributed by atoms with Crippen molar-refractivity contribution in [1.29, 1.82) is 0 Å². The summed E-state index contributed by atoms with van der Waals surface area (Å²) in [7, 11) is 1.47. The van der Waals surface area contributed by atoms with Crippen LogP contribution in [-0.2, 0) is 4.74 Å². The summed E-state index contributed by atoms with van der Waals surface area (Å²) >= 11 is 1.32. The van der Waals surface area contributed by atoms with Crippen LogP contribution in [0.1, 0.15) is 30.4 Å². The van der Waals surface area contributed by atoms with Gasteiger partial charge in [0.15, 0.2) is 0 Å². The van der Waals surface area contributed by atoms with Gasteiger partial charge in [-0.05, 0) is 13.3 Å². The molecule has 1 aromatic rings. The van der Waals surface area contributed by atoms with Gasteiger partial charge in [0.2, 0.25) is 0 Å². The quantitative estimate of drug-likeness (QED) is 0.699. The summed E-state index contributed by atoms with van der Waals surface area (Å²) in [6.07, 6.45) is 0.636. The Balaban J connectivity index is 2.42. The molecule has 112 valence electrons. The fourth-order valence-electron chi connectivity index (χ4n) is 2.20. The Hall–Kier alpha value is -1.09. The van der Waals surface area contributed by atoms with Gasteiger partial charge in [-0.3, -0.25) is 14.3 Å². The van der Waals surface area contributed by atoms with E-state index in [1.54, 1.807) is 6.92 Å². The molecule has 4 atom stereocenters. The molecule has 8 heteroatoms. The van der Waals surface area contributed by atoms with E-state index in [1.807, 2.05) is 0 Å². The predicted octanol–water partition coefficient (Wildman–Crippen LogP) is -0.399. The average molecular weight is 302 g/mol. The van der Waals surface area contributed by atoms with E-state index < -0.39 is 28.8 Å². The van der Waals surface area contributed by atoms with Crippen LogP contribution in [0.5, 0.6) is 0 Å². The number of thioether (sulfide) groups is 1. The number of aromatic nitrogens is 2. The van der Waals surface area contributed by atoms with Crippen LogP contribution in [0.2, 0.25) is 0 Å². The van der Waals surface area contributed by atoms with Gasteiger partial charge in [-0.1, -0.05) is 0 Å². The van der Waals surface area contributed by atoms with E-state index in [4.69, 9.17) is 9.84 Å². The molecule has 0 amide bonds. The van der Waals surface area contributed by atoms with Gasteiger partial charge in [0.25, 0.3) is 5.56 Å². The van der Waals surface area contributed by atoms with Crippen molar-refractivity contribution < 1.29 is 14.9 Å². The smallest absolute Gasteiger partial charge is 0.329 e. The van der Waals surface area contributed by atoms with Gasteiger partial charge in [0, 0.05) is 18.6 Å². The molecule has 3 N–H and O–H groups in total. The largest absolute Gasteiger partial charge is 0.395 e. The van der Waals surface area contributed by atoms with E-state index in [9.17, 15) is 14.7 Å². The van der Waals surface area contributed by atoms with E-state index >= 15 is 0 Å². The van der Waals surface area contributed by atoms with Crippen LogP contribution in [0.25, 0.3) is 0 Å². The lowest BCUT2D eigenvalue weighted by Gasteiger charge is -2.18. The minimum Gasteiger partial charge on any atom is -0.395 e. The maximum atomic E-state index is 11.9. The summed E-state index contributed by atoms with van der Waals surface area (Å²) in [5.74, 6) is 0. The summed E-state index contributed by atoms with van der Waals surface area (Å²) in [6, 6.07) is 0. The second kappa shape index (κ2) is 6.13. The maximum Gasteiger partial charge on any atom is 0.329 e. The third kappa shape index (κ3) is 2.83. The van der Waals surface area contributed by atoms with Crippen LogP contribution in [0, 0.1) is 0 Å². The zero-order valence-electron chi connectivity index (χ0n) is 11.3. The Kier molecular flexibility index (Phi) is 4.69. The number of nitrogens with one attached hydrogen (secondary N) is 1. The monoisotopic (exact) mass is 302 g/mol. The number of aliphatic hydroxyl groups excluding tert-OH is 2. The van der Waals surface area contributed by atoms with Gasteiger partial charge in [-0.2, -0.15) is 0 Å². The Morgan fingerprint density at radius 2 is 2.30 bits per heavy atom. The number of hydrogen-bond acceptors (Lipinski definition) is 6. The highest BCUT2D eigenvalue weighted by atomic mass is 32.2. The second-order valence-electron chi connectivity index (χ2n) is 4.76. The first-order chi connectivity index (χ1) is 9.47. The molecular weight excluding hydrogens is 284 g/mol. The van der Waals surface area contributed by atoms with Crippen LogP contribution in [0.15, 0.2) is 15.8 Å². The van der Waals surface area contributed by atoms with Gasteiger partial charge >= 0.3 is 5.69 Å². The highest BCUT2D eigenvalue weighted by Crippen LogP contribution is 2.40. The van der Waals surface area contributed by atoms with E-state index in [0.717, 1.165) is 0 Å². The van der Waals surface area contributed by atoms with Gasteiger partial charge in [0.1, 0.15) is 5.37 Å². The Morgan fingerprint density at radius 1 is 1.60 bits per heavy atom. The van der Waals surface area contributed by atoms with Crippen LogP contribution in [0.4, 0.5) is 0 Å². The van der Waals surface area contributed by atoms with Crippen molar-refractivity contribution in [3.63, 3.8) is 0 Å². The first-order valence-electron chi connectivity index (χ1n) is 6.30. The summed E-state index contributed by atoms with van der Waals surface area (Å²) in [5.41, 5.74) is -0.735. The number of methoxy groups -OCH3 is 1. The van der Waals surface area contributed by atoms with Gasteiger partial charge in [0.05, 0.1) is 24.4 Å². The van der Waals surface area contributed by atoms with Crippen molar-refractivity contribution in [2.75, 3.05) is 13.7 Å². The summed E-state index contributed by atoms with van der Waals surface area (Å²) in [5, 5.41) is 18.5. The van der Waals surface area contributed by atoms with Gasteiger partial charge in [-0.25, -0.2) is 4.79 Å². The first kappa shape index (κ1) is 15.3. The maximum absolute atomic E-state index is 11.9. The lowest BCUT2D eigenvalue weighted by Crippen LogP contribution is -2.36. The molecule has 1 aliphatic rings.